The Morgan fingerprint density at radius 3 is 2.81 bits per heavy atom. The first-order chi connectivity index (χ1) is 12.7. The van der Waals surface area contributed by atoms with Crippen LogP contribution in [0, 0.1) is 11.6 Å². The average molecular weight is 391 g/mol. The van der Waals surface area contributed by atoms with Crippen LogP contribution in [0.4, 0.5) is 22.0 Å². The third-order valence-electron chi connectivity index (χ3n) is 4.58. The summed E-state index contributed by atoms with van der Waals surface area (Å²) in [5.74, 6) is -2.22. The lowest BCUT2D eigenvalue weighted by atomic mass is 9.88. The predicted octanol–water partition coefficient (Wildman–Crippen LogP) is 2.75. The Morgan fingerprint density at radius 2 is 2.11 bits per heavy atom. The van der Waals surface area contributed by atoms with Crippen LogP contribution in [-0.2, 0) is 16.2 Å². The van der Waals surface area contributed by atoms with Gasteiger partial charge in [-0.15, -0.1) is 0 Å². The van der Waals surface area contributed by atoms with Crippen molar-refractivity contribution in [3.63, 3.8) is 0 Å². The van der Waals surface area contributed by atoms with Crippen LogP contribution in [0.25, 0.3) is 0 Å². The molecule has 1 unspecified atom stereocenters. The van der Waals surface area contributed by atoms with Gasteiger partial charge in [0.1, 0.15) is 23.9 Å². The van der Waals surface area contributed by atoms with Crippen molar-refractivity contribution in [2.24, 2.45) is 5.16 Å². The molecule has 0 aromatic heterocycles. The van der Waals surface area contributed by atoms with E-state index in [0.29, 0.717) is 31.5 Å². The van der Waals surface area contributed by atoms with Crippen molar-refractivity contribution in [2.75, 3.05) is 19.6 Å². The summed E-state index contributed by atoms with van der Waals surface area (Å²) < 4.78 is 63.5. The quantitative estimate of drug-likeness (QED) is 0.804. The number of nitrogens with one attached hydrogen (secondary N) is 1. The second-order valence-electron chi connectivity index (χ2n) is 6.84. The van der Waals surface area contributed by atoms with E-state index in [9.17, 15) is 26.7 Å². The van der Waals surface area contributed by atoms with Gasteiger partial charge in [0, 0.05) is 31.1 Å². The number of carbonyl (C=O) groups excluding carboxylic acids is 1. The molecule has 27 heavy (non-hydrogen) atoms. The summed E-state index contributed by atoms with van der Waals surface area (Å²) in [6, 6.07) is 3.36. The van der Waals surface area contributed by atoms with Crippen molar-refractivity contribution in [2.45, 2.75) is 37.6 Å². The molecule has 0 aliphatic carbocycles. The highest BCUT2D eigenvalue weighted by molar-refractivity contribution is 6.39. The maximum absolute atomic E-state index is 13.9. The third-order valence-corrected chi connectivity index (χ3v) is 4.58. The smallest absolute Gasteiger partial charge is 0.387 e. The van der Waals surface area contributed by atoms with Crippen LogP contribution < -0.4 is 5.32 Å². The lowest BCUT2D eigenvalue weighted by Gasteiger charge is -2.38. The molecule has 1 spiro atoms. The summed E-state index contributed by atoms with van der Waals surface area (Å²) in [7, 11) is 0. The van der Waals surface area contributed by atoms with Gasteiger partial charge in [-0.2, -0.15) is 13.2 Å². The molecule has 1 saturated heterocycles. The molecule has 1 fully saturated rings. The third kappa shape index (κ3) is 4.94. The minimum atomic E-state index is -4.51. The number of hydrogen-bond acceptors (Lipinski definition) is 4. The van der Waals surface area contributed by atoms with E-state index in [4.69, 9.17) is 4.84 Å². The van der Waals surface area contributed by atoms with Crippen LogP contribution in [-0.4, -0.2) is 47.9 Å². The fourth-order valence-electron chi connectivity index (χ4n) is 3.36. The van der Waals surface area contributed by atoms with Gasteiger partial charge in [-0.25, -0.2) is 8.78 Å². The molecule has 2 aliphatic heterocycles. The number of amides is 1. The van der Waals surface area contributed by atoms with Gasteiger partial charge in [0.25, 0.3) is 5.91 Å². The predicted molar refractivity (Wildman–Crippen MR) is 85.8 cm³/mol. The number of carbonyl (C=O) groups is 1. The zero-order valence-electron chi connectivity index (χ0n) is 14.3. The number of nitrogens with zero attached hydrogens (tertiary/aromatic N) is 2. The van der Waals surface area contributed by atoms with E-state index >= 15 is 0 Å². The van der Waals surface area contributed by atoms with Gasteiger partial charge >= 0.3 is 6.18 Å². The number of likely N-dealkylation sites (tertiary alicyclic amines) is 1. The van der Waals surface area contributed by atoms with Crippen LogP contribution in [0.3, 0.4) is 0 Å². The number of oxime groups is 1. The number of hydrogen-bond donors (Lipinski definition) is 1. The van der Waals surface area contributed by atoms with Gasteiger partial charge < -0.3 is 10.2 Å². The van der Waals surface area contributed by atoms with Crippen molar-refractivity contribution in [3.05, 3.63) is 35.4 Å². The van der Waals surface area contributed by atoms with Crippen molar-refractivity contribution < 1.29 is 31.6 Å². The summed E-state index contributed by atoms with van der Waals surface area (Å²) in [6.45, 7) is -0.221. The molecule has 10 heteroatoms. The molecular formula is C17H18F5N3O2. The van der Waals surface area contributed by atoms with Crippen LogP contribution >= 0.6 is 0 Å². The fourth-order valence-corrected chi connectivity index (χ4v) is 3.36. The summed E-state index contributed by atoms with van der Waals surface area (Å²) in [4.78, 5) is 19.2. The Hall–Kier alpha value is -2.23. The molecule has 148 valence electrons. The van der Waals surface area contributed by atoms with Gasteiger partial charge in [-0.3, -0.25) is 9.69 Å². The Kier molecular flexibility index (Phi) is 5.36. The average Bonchev–Trinajstić information content (AvgIpc) is 2.98. The molecule has 1 N–H and O–H groups in total. The highest BCUT2D eigenvalue weighted by Gasteiger charge is 2.45. The fraction of sp³-hybridized carbons (Fsp3) is 0.529. The van der Waals surface area contributed by atoms with E-state index in [1.165, 1.54) is 12.1 Å². The Balaban J connectivity index is 1.59. The Bertz CT molecular complexity index is 753. The molecule has 5 nitrogen and oxygen atoms in total. The monoisotopic (exact) mass is 391 g/mol. The molecule has 0 saturated carbocycles. The molecule has 2 heterocycles. The molecular weight excluding hydrogens is 373 g/mol. The topological polar surface area (TPSA) is 53.9 Å². The number of rotatable bonds is 4. The van der Waals surface area contributed by atoms with Crippen molar-refractivity contribution in [1.29, 1.82) is 0 Å². The molecule has 1 amide bonds. The maximum Gasteiger partial charge on any atom is 0.405 e. The normalized spacial score (nSPS) is 23.2. The van der Waals surface area contributed by atoms with E-state index < -0.39 is 35.9 Å². The van der Waals surface area contributed by atoms with Gasteiger partial charge in [0.15, 0.2) is 5.60 Å². The largest absolute Gasteiger partial charge is 0.405 e. The number of halogens is 5. The lowest BCUT2D eigenvalue weighted by molar-refractivity contribution is -0.134. The zero-order chi connectivity index (χ0) is 19.7. The van der Waals surface area contributed by atoms with E-state index in [2.05, 4.69) is 5.16 Å². The van der Waals surface area contributed by atoms with Gasteiger partial charge in [-0.05, 0) is 25.5 Å². The van der Waals surface area contributed by atoms with Crippen LogP contribution in [0.1, 0.15) is 24.8 Å². The van der Waals surface area contributed by atoms with E-state index in [1.807, 2.05) is 4.90 Å². The first-order valence-electron chi connectivity index (χ1n) is 8.42. The van der Waals surface area contributed by atoms with Crippen molar-refractivity contribution in [3.8, 4) is 0 Å². The minimum absolute atomic E-state index is 0.0824. The number of alkyl halides is 3. The molecule has 2 aliphatic rings. The van der Waals surface area contributed by atoms with Gasteiger partial charge in [0.05, 0.1) is 0 Å². The van der Waals surface area contributed by atoms with E-state index in [-0.39, 0.29) is 18.7 Å². The van der Waals surface area contributed by atoms with Crippen molar-refractivity contribution >= 4 is 11.6 Å². The van der Waals surface area contributed by atoms with Crippen molar-refractivity contribution in [1.82, 2.24) is 10.2 Å². The molecule has 0 radical (unpaired) electrons. The second kappa shape index (κ2) is 7.41. The second-order valence-corrected chi connectivity index (χ2v) is 6.84. The highest BCUT2D eigenvalue weighted by atomic mass is 19.4. The van der Waals surface area contributed by atoms with Crippen LogP contribution in [0.5, 0.6) is 0 Å². The standard InChI is InChI=1S/C17H18F5N3O2/c18-12-3-2-11(13(19)6-12)8-25-5-1-4-16(10-25)7-14(24-27-16)15(26)23-9-17(20,21)22/h2-3,6H,1,4-5,7-10H2,(H,23,26). The molecule has 1 atom stereocenters. The highest BCUT2D eigenvalue weighted by Crippen LogP contribution is 2.34. The SMILES string of the molecule is O=C(NCC(F)(F)F)C1=NOC2(CCCN(Cc3ccc(F)cc3F)C2)C1. The van der Waals surface area contributed by atoms with E-state index in [1.54, 1.807) is 5.32 Å². The zero-order valence-corrected chi connectivity index (χ0v) is 14.3. The Morgan fingerprint density at radius 1 is 1.33 bits per heavy atom. The number of piperidine rings is 1. The lowest BCUT2D eigenvalue weighted by Crippen LogP contribution is -2.48. The minimum Gasteiger partial charge on any atom is -0.387 e. The number of benzene rings is 1. The molecule has 1 aromatic rings. The molecule has 0 bridgehead atoms. The summed E-state index contributed by atoms with van der Waals surface area (Å²) in [5, 5.41) is 5.45. The summed E-state index contributed by atoms with van der Waals surface area (Å²) >= 11 is 0. The first-order valence-corrected chi connectivity index (χ1v) is 8.42. The van der Waals surface area contributed by atoms with Gasteiger partial charge in [-0.1, -0.05) is 11.2 Å². The molecule has 3 rings (SSSR count). The van der Waals surface area contributed by atoms with Crippen LogP contribution in [0.2, 0.25) is 0 Å². The van der Waals surface area contributed by atoms with Gasteiger partial charge in [0.2, 0.25) is 0 Å². The summed E-state index contributed by atoms with van der Waals surface area (Å²) in [5.41, 5.74) is -0.579. The first kappa shape index (κ1) is 19.5. The van der Waals surface area contributed by atoms with Crippen LogP contribution in [0.15, 0.2) is 23.4 Å². The Labute approximate surface area is 152 Å². The summed E-state index contributed by atoms with van der Waals surface area (Å²) in [6.07, 6.45) is -3.15. The maximum atomic E-state index is 13.9. The molecule has 1 aromatic carbocycles. The van der Waals surface area contributed by atoms with E-state index in [0.717, 1.165) is 6.07 Å².